The third kappa shape index (κ3) is 31.1. The quantitative estimate of drug-likeness (QED) is 0.0207. The fourth-order valence-electron chi connectivity index (χ4n) is 6.03. The largest absolute Gasteiger partial charge is 0.750 e. The summed E-state index contributed by atoms with van der Waals surface area (Å²) in [6.07, 6.45) is -48.9. The highest BCUT2D eigenvalue weighted by Gasteiger charge is 2.57. The summed E-state index contributed by atoms with van der Waals surface area (Å²) in [5.74, 6) is 0. The molecule has 0 radical (unpaired) electrons. The van der Waals surface area contributed by atoms with Crippen molar-refractivity contribution in [2.45, 2.75) is 85.8 Å². The summed E-state index contributed by atoms with van der Waals surface area (Å²) in [6.45, 7) is -9.08. The lowest BCUT2D eigenvalue weighted by Crippen LogP contribution is -2.64. The van der Waals surface area contributed by atoms with Crippen LogP contribution in [0.3, 0.4) is 0 Å². The summed E-state index contributed by atoms with van der Waals surface area (Å²) < 4.78 is 458. The van der Waals surface area contributed by atoms with E-state index in [0.717, 1.165) is 0 Å². The molecular weight excluding hydrogens is 1420 g/mol. The predicted octanol–water partition coefficient (Wildman–Crippen LogP) is -10.0. The van der Waals surface area contributed by atoms with E-state index in [9.17, 15) is 142 Å². The van der Waals surface area contributed by atoms with Gasteiger partial charge in [0.2, 0.25) is 0 Å². The van der Waals surface area contributed by atoms with E-state index in [1.165, 1.54) is 0 Å². The Morgan fingerprint density at radius 3 is 0.864 bits per heavy atom. The van der Waals surface area contributed by atoms with Crippen LogP contribution in [0.1, 0.15) is 0 Å². The van der Waals surface area contributed by atoms with Crippen LogP contribution in [0.15, 0.2) is 0 Å². The standard InChI is InChI=1S/C18H34O51S12/c19-70(20)60-9(7(61-73(27,28)29)1-54-17-15(68-80(48,49)50)13(66-78(42,43)44)10(63-75(33,34)35)5(58-17)3-56-71(21,22)23)12(65-77(39,40)41)8(62-74(30,31)32)2-55-18-16(69-81(51,52)53)14(67-79(45,46)47)11(64-76(36,37)38)6(59-18)4-57-72(24,25)26/h5-18H,1-4H2,(H,19,20)(H,21,22,23)(H,24,25,26)(H,27,28,29)(H,30,31,32)(H,33,34,35)(H,36,37,38)(H,39,40,41)(H,42,43,44)(H,45,46,47)(H,48,49,50)(H,51,52,53)/p-1/t5-,6-,7-,8-,9-,10-,11-,12-,13+,14+,15-,16-,17-,18-/m1/s1. The van der Waals surface area contributed by atoms with E-state index in [1.54, 1.807) is 0 Å². The van der Waals surface area contributed by atoms with Crippen molar-refractivity contribution in [3.63, 3.8) is 0 Å². The van der Waals surface area contributed by atoms with Crippen LogP contribution in [-0.2, 0) is 195 Å². The van der Waals surface area contributed by atoms with E-state index in [4.69, 9.17) is 28.1 Å². The van der Waals surface area contributed by atoms with E-state index in [1.807, 2.05) is 0 Å². The normalized spacial score (nSPS) is 27.5. The van der Waals surface area contributed by atoms with E-state index in [-0.39, 0.29) is 0 Å². The van der Waals surface area contributed by atoms with Gasteiger partial charge in [-0.05, 0) is 0 Å². The lowest BCUT2D eigenvalue weighted by molar-refractivity contribution is -0.294. The van der Waals surface area contributed by atoms with Crippen molar-refractivity contribution < 1.29 is 221 Å². The van der Waals surface area contributed by atoms with Gasteiger partial charge >= 0.3 is 114 Å². The Morgan fingerprint density at radius 1 is 0.358 bits per heavy atom. The zero-order valence-electron chi connectivity index (χ0n) is 37.1. The molecule has 2 aliphatic rings. The van der Waals surface area contributed by atoms with Crippen LogP contribution in [0.4, 0.5) is 0 Å². The third-order valence-electron chi connectivity index (χ3n) is 8.16. The zero-order valence-corrected chi connectivity index (χ0v) is 46.9. The van der Waals surface area contributed by atoms with Gasteiger partial charge in [0.1, 0.15) is 61.0 Å². The molecule has 1 unspecified atom stereocenters. The van der Waals surface area contributed by atoms with Gasteiger partial charge in [0.05, 0.1) is 37.8 Å². The van der Waals surface area contributed by atoms with Gasteiger partial charge in [0.25, 0.3) is 0 Å². The van der Waals surface area contributed by atoms with Crippen LogP contribution >= 0.6 is 0 Å². The fourth-order valence-corrected chi connectivity index (χ4v) is 11.5. The van der Waals surface area contributed by atoms with Crippen molar-refractivity contribution in [1.29, 1.82) is 0 Å². The molecule has 2 rings (SSSR count). The summed E-state index contributed by atoms with van der Waals surface area (Å²) in [6, 6.07) is 0. The Hall–Kier alpha value is -1.52. The Kier molecular flexibility index (Phi) is 26.2. The van der Waals surface area contributed by atoms with E-state index < -0.39 is 238 Å². The number of hydrogen-bond acceptors (Lipinski definition) is 40. The third-order valence-corrected chi connectivity index (χ3v) is 13.6. The van der Waals surface area contributed by atoms with Gasteiger partial charge in [-0.15, -0.1) is 0 Å². The van der Waals surface area contributed by atoms with Gasteiger partial charge < -0.3 is 23.5 Å². The molecule has 484 valence electrons. The maximum atomic E-state index is 12.3. The van der Waals surface area contributed by atoms with Gasteiger partial charge in [0, 0.05) is 0 Å². The molecule has 0 spiro atoms. The smallest absolute Gasteiger partial charge is 0.397 e. The molecule has 2 fully saturated rings. The maximum Gasteiger partial charge on any atom is 0.397 e. The summed E-state index contributed by atoms with van der Waals surface area (Å²) in [5, 5.41) is 0. The second kappa shape index (κ2) is 28.1. The molecule has 2 aliphatic heterocycles. The van der Waals surface area contributed by atoms with Crippen LogP contribution in [0, 0.1) is 0 Å². The molecule has 15 atom stereocenters. The van der Waals surface area contributed by atoms with Gasteiger partial charge in [-0.1, -0.05) is 0 Å². The average Bonchev–Trinajstić information content (AvgIpc) is 3.17. The van der Waals surface area contributed by atoms with E-state index >= 15 is 0 Å². The molecule has 2 saturated heterocycles. The van der Waals surface area contributed by atoms with Crippen molar-refractivity contribution in [1.82, 2.24) is 0 Å². The fraction of sp³-hybridized carbons (Fsp3) is 1.00. The molecule has 0 bridgehead atoms. The van der Waals surface area contributed by atoms with Crippen molar-refractivity contribution >= 4 is 126 Å². The molecule has 0 amide bonds. The molecule has 0 aromatic carbocycles. The summed E-state index contributed by atoms with van der Waals surface area (Å²) >= 11 is -4.58. The van der Waals surface area contributed by atoms with Gasteiger partial charge in [0.15, 0.2) is 24.8 Å². The minimum absolute atomic E-state index is 2.06. The number of hydrogen-bond donors (Lipinski definition) is 11. The molecule has 0 aromatic rings. The average molecular weight is 1450 g/mol. The highest BCUT2D eigenvalue weighted by molar-refractivity contribution is 7.83. The highest BCUT2D eigenvalue weighted by atomic mass is 32.3. The molecule has 63 heteroatoms. The van der Waals surface area contributed by atoms with Crippen LogP contribution in [0.2, 0.25) is 0 Å². The van der Waals surface area contributed by atoms with Crippen molar-refractivity contribution in [2.75, 3.05) is 26.4 Å². The van der Waals surface area contributed by atoms with Gasteiger partial charge in [-0.25, -0.2) is 50.2 Å². The lowest BCUT2D eigenvalue weighted by Gasteiger charge is -2.44. The minimum atomic E-state index is -6.66. The van der Waals surface area contributed by atoms with Crippen LogP contribution in [-0.4, -0.2) is 264 Å². The SMILES string of the molecule is O=S([O-])O[C@@H]([C@H](OS(=O)(=O)O)[C@@H](CO[C@@H]1O[C@H](COS(=O)(=O)O)[C@@H](OS(=O)(=O)O)[C@H](OS(=O)(=O)O)[C@H]1OS(=O)(=O)O)OS(=O)(=O)O)[C@@H](CO[C@@H]1O[C@H](COS(=O)(=O)O)[C@@H](OS(=O)(=O)O)[C@H](OS(=O)(=O)O)[C@H]1OS(=O)(=O)O)OS(=O)(=O)O. The lowest BCUT2D eigenvalue weighted by atomic mass is 9.99. The first-order valence-electron chi connectivity index (χ1n) is 18.2. The molecule has 0 aliphatic carbocycles. The summed E-state index contributed by atoms with van der Waals surface area (Å²) in [5.41, 5.74) is 0. The van der Waals surface area contributed by atoms with Crippen LogP contribution in [0.5, 0.6) is 0 Å². The zero-order chi connectivity index (χ0) is 63.3. The number of ether oxygens (including phenoxy) is 4. The Labute approximate surface area is 456 Å². The Balaban J connectivity index is 3.10. The molecular formula is C18H33O51S12-. The Morgan fingerprint density at radius 2 is 0.617 bits per heavy atom. The molecule has 0 aromatic heterocycles. The van der Waals surface area contributed by atoms with Crippen molar-refractivity contribution in [3.8, 4) is 0 Å². The van der Waals surface area contributed by atoms with Crippen molar-refractivity contribution in [3.05, 3.63) is 0 Å². The summed E-state index contributed by atoms with van der Waals surface area (Å²) in [7, 11) is -69.2. The monoisotopic (exact) mass is 1450 g/mol. The first-order chi connectivity index (χ1) is 35.8. The highest BCUT2D eigenvalue weighted by Crippen LogP contribution is 2.35. The Bertz CT molecular complexity index is 3480. The van der Waals surface area contributed by atoms with Crippen LogP contribution < -0.4 is 0 Å². The van der Waals surface area contributed by atoms with Gasteiger partial charge in [-0.2, -0.15) is 92.6 Å². The topological polar surface area (TPSA) is 786 Å². The molecule has 2 heterocycles. The first-order valence-corrected chi connectivity index (χ1v) is 34.3. The molecule has 0 saturated carbocycles. The summed E-state index contributed by atoms with van der Waals surface area (Å²) in [4.78, 5) is 0. The predicted molar refractivity (Wildman–Crippen MR) is 226 cm³/mol. The minimum Gasteiger partial charge on any atom is -0.750 e. The maximum absolute atomic E-state index is 12.3. The molecule has 81 heavy (non-hydrogen) atoms. The molecule has 51 nitrogen and oxygen atoms in total. The molecule has 11 N–H and O–H groups in total. The van der Waals surface area contributed by atoms with E-state index in [0.29, 0.717) is 0 Å². The first kappa shape index (κ1) is 75.6. The van der Waals surface area contributed by atoms with Crippen molar-refractivity contribution in [2.24, 2.45) is 0 Å². The number of rotatable bonds is 35. The van der Waals surface area contributed by atoms with Gasteiger partial charge in [-0.3, -0.25) is 54.3 Å². The second-order valence-corrected chi connectivity index (χ2v) is 26.2. The van der Waals surface area contributed by atoms with E-state index in [2.05, 4.69) is 50.2 Å². The second-order valence-electron chi connectivity index (χ2n) is 14.0. The van der Waals surface area contributed by atoms with Crippen LogP contribution in [0.25, 0.3) is 0 Å².